The summed E-state index contributed by atoms with van der Waals surface area (Å²) in [5, 5.41) is 9.35. The van der Waals surface area contributed by atoms with Crippen LogP contribution in [0.2, 0.25) is 5.02 Å². The number of nitrogens with zero attached hydrogens (tertiary/aromatic N) is 2. The van der Waals surface area contributed by atoms with Crippen LogP contribution in [0, 0.1) is 11.3 Å². The maximum atomic E-state index is 13.2. The van der Waals surface area contributed by atoms with Crippen LogP contribution >= 0.6 is 11.6 Å². The molecule has 5 nitrogen and oxygen atoms in total. The van der Waals surface area contributed by atoms with Gasteiger partial charge in [0.25, 0.3) is 0 Å². The highest BCUT2D eigenvalue weighted by atomic mass is 35.5. The molecule has 27 heavy (non-hydrogen) atoms. The van der Waals surface area contributed by atoms with Crippen molar-refractivity contribution < 1.29 is 13.2 Å². The Morgan fingerprint density at radius 3 is 2.89 bits per heavy atom. The minimum absolute atomic E-state index is 0.0338. The minimum atomic E-state index is -3.80. The number of hydrogen-bond acceptors (Lipinski definition) is 4. The van der Waals surface area contributed by atoms with Crippen LogP contribution in [0.25, 0.3) is 0 Å². The number of halogens is 1. The topological polar surface area (TPSA) is 70.4 Å². The minimum Gasteiger partial charge on any atom is -0.489 e. The van der Waals surface area contributed by atoms with Gasteiger partial charge >= 0.3 is 0 Å². The highest BCUT2D eigenvalue weighted by Gasteiger charge is 2.29. The molecular weight excluding hydrogens is 384 g/mol. The fourth-order valence-electron chi connectivity index (χ4n) is 3.09. The third-order valence-corrected chi connectivity index (χ3v) is 6.38. The van der Waals surface area contributed by atoms with Gasteiger partial charge in [-0.1, -0.05) is 29.8 Å². The Morgan fingerprint density at radius 2 is 2.19 bits per heavy atom. The lowest BCUT2D eigenvalue weighted by atomic mass is 10.1. The van der Waals surface area contributed by atoms with Crippen molar-refractivity contribution in [2.24, 2.45) is 0 Å². The van der Waals surface area contributed by atoms with Crippen molar-refractivity contribution in [3.63, 3.8) is 0 Å². The van der Waals surface area contributed by atoms with E-state index in [0.717, 1.165) is 11.1 Å². The number of benzene rings is 2. The van der Waals surface area contributed by atoms with Crippen LogP contribution in [0.15, 0.2) is 53.9 Å². The molecule has 0 radical (unpaired) electrons. The summed E-state index contributed by atoms with van der Waals surface area (Å²) in [7, 11) is -3.80. The number of sulfonamides is 1. The van der Waals surface area contributed by atoms with Crippen molar-refractivity contribution in [1.82, 2.24) is 4.31 Å². The van der Waals surface area contributed by atoms with Crippen LogP contribution in [0.4, 0.5) is 0 Å². The lowest BCUT2D eigenvalue weighted by Gasteiger charge is -2.21. The van der Waals surface area contributed by atoms with Crippen molar-refractivity contribution in [1.29, 1.82) is 5.26 Å². The molecule has 0 spiro atoms. The molecule has 0 aliphatic carbocycles. The molecule has 0 fully saturated rings. The summed E-state index contributed by atoms with van der Waals surface area (Å²) in [6.07, 6.45) is 2.11. The molecule has 0 bridgehead atoms. The van der Waals surface area contributed by atoms with Gasteiger partial charge in [0, 0.05) is 25.1 Å². The summed E-state index contributed by atoms with van der Waals surface area (Å²) >= 11 is 6.26. The molecule has 0 saturated carbocycles. The SMILES string of the molecule is C=CCN(Cc1cccc(C#N)c1)S(=O)(=O)c1cc(Cl)c2c(c1)CC(C)O2. The molecule has 140 valence electrons. The van der Waals surface area contributed by atoms with Crippen LogP contribution in [0.5, 0.6) is 5.75 Å². The number of nitriles is 1. The van der Waals surface area contributed by atoms with E-state index in [1.165, 1.54) is 16.4 Å². The van der Waals surface area contributed by atoms with E-state index in [0.29, 0.717) is 22.8 Å². The van der Waals surface area contributed by atoms with Gasteiger partial charge in [0.1, 0.15) is 11.9 Å². The molecule has 0 saturated heterocycles. The lowest BCUT2D eigenvalue weighted by Crippen LogP contribution is -2.31. The van der Waals surface area contributed by atoms with E-state index < -0.39 is 10.0 Å². The Balaban J connectivity index is 1.97. The number of ether oxygens (including phenoxy) is 1. The maximum Gasteiger partial charge on any atom is 0.243 e. The van der Waals surface area contributed by atoms with Crippen molar-refractivity contribution in [3.05, 3.63) is 70.8 Å². The monoisotopic (exact) mass is 402 g/mol. The second-order valence-electron chi connectivity index (χ2n) is 6.42. The molecule has 0 amide bonds. The van der Waals surface area contributed by atoms with Gasteiger partial charge < -0.3 is 4.74 Å². The van der Waals surface area contributed by atoms with Crippen LogP contribution in [0.3, 0.4) is 0 Å². The van der Waals surface area contributed by atoms with Crippen molar-refractivity contribution in [2.75, 3.05) is 6.54 Å². The van der Waals surface area contributed by atoms with Gasteiger partial charge in [0.05, 0.1) is 21.6 Å². The van der Waals surface area contributed by atoms with Gasteiger partial charge in [-0.3, -0.25) is 0 Å². The number of fused-ring (bicyclic) bond motifs is 1. The Morgan fingerprint density at radius 1 is 1.41 bits per heavy atom. The summed E-state index contributed by atoms with van der Waals surface area (Å²) in [5.41, 5.74) is 2.00. The largest absolute Gasteiger partial charge is 0.489 e. The standard InChI is InChI=1S/C20H19ClN2O3S/c1-3-7-23(13-16-6-4-5-15(9-16)12-22)27(24,25)18-10-17-8-14(2)26-20(17)19(21)11-18/h3-6,9-11,14H,1,7-8,13H2,2H3. The van der Waals surface area contributed by atoms with Crippen LogP contribution in [-0.2, 0) is 23.0 Å². The summed E-state index contributed by atoms with van der Waals surface area (Å²) in [5.74, 6) is 0.556. The van der Waals surface area contributed by atoms with Crippen molar-refractivity contribution >= 4 is 21.6 Å². The van der Waals surface area contributed by atoms with Gasteiger partial charge in [-0.15, -0.1) is 6.58 Å². The summed E-state index contributed by atoms with van der Waals surface area (Å²) < 4.78 is 33.4. The van der Waals surface area contributed by atoms with Gasteiger partial charge in [-0.25, -0.2) is 8.42 Å². The first kappa shape index (κ1) is 19.4. The highest BCUT2D eigenvalue weighted by molar-refractivity contribution is 7.89. The molecule has 0 N–H and O–H groups in total. The predicted octanol–water partition coefficient (Wildman–Crippen LogP) is 3.91. The van der Waals surface area contributed by atoms with E-state index >= 15 is 0 Å². The zero-order valence-electron chi connectivity index (χ0n) is 14.9. The molecule has 1 unspecified atom stereocenters. The predicted molar refractivity (Wildman–Crippen MR) is 104 cm³/mol. The Hall–Kier alpha value is -2.33. The normalized spacial score (nSPS) is 15.9. The first-order valence-corrected chi connectivity index (χ1v) is 10.3. The summed E-state index contributed by atoms with van der Waals surface area (Å²) in [6, 6.07) is 12.0. The third kappa shape index (κ3) is 4.01. The first-order chi connectivity index (χ1) is 12.8. The molecule has 3 rings (SSSR count). The number of rotatable bonds is 6. The first-order valence-electron chi connectivity index (χ1n) is 8.44. The van der Waals surface area contributed by atoms with E-state index in [2.05, 4.69) is 12.6 Å². The Kier molecular flexibility index (Phi) is 5.56. The van der Waals surface area contributed by atoms with E-state index in [1.807, 2.05) is 6.92 Å². The van der Waals surface area contributed by atoms with Gasteiger partial charge in [0.15, 0.2) is 0 Å². The summed E-state index contributed by atoms with van der Waals surface area (Å²) in [6.45, 7) is 5.85. The average molecular weight is 403 g/mol. The number of hydrogen-bond donors (Lipinski definition) is 0. The highest BCUT2D eigenvalue weighted by Crippen LogP contribution is 2.38. The maximum absolute atomic E-state index is 13.2. The van der Waals surface area contributed by atoms with Gasteiger partial charge in [-0.05, 0) is 36.8 Å². The molecular formula is C20H19ClN2O3S. The quantitative estimate of drug-likeness (QED) is 0.687. The van der Waals surface area contributed by atoms with Crippen molar-refractivity contribution in [2.45, 2.75) is 30.9 Å². The average Bonchev–Trinajstić information content (AvgIpc) is 3.02. The molecule has 0 aromatic heterocycles. The van der Waals surface area contributed by atoms with Crippen molar-refractivity contribution in [3.8, 4) is 11.8 Å². The smallest absolute Gasteiger partial charge is 0.243 e. The molecule has 1 atom stereocenters. The molecule has 2 aromatic carbocycles. The molecule has 1 aliphatic rings. The van der Waals surface area contributed by atoms with Crippen LogP contribution in [-0.4, -0.2) is 25.4 Å². The second kappa shape index (κ2) is 7.73. The van der Waals surface area contributed by atoms with E-state index in [9.17, 15) is 8.42 Å². The molecule has 7 heteroatoms. The Bertz CT molecular complexity index is 1030. The van der Waals surface area contributed by atoms with E-state index in [1.54, 1.807) is 30.3 Å². The van der Waals surface area contributed by atoms with Crippen LogP contribution in [0.1, 0.15) is 23.6 Å². The fourth-order valence-corrected chi connectivity index (χ4v) is 4.92. The summed E-state index contributed by atoms with van der Waals surface area (Å²) in [4.78, 5) is 0.127. The second-order valence-corrected chi connectivity index (χ2v) is 8.77. The molecule has 1 heterocycles. The fraction of sp³-hybridized carbons (Fsp3) is 0.250. The molecule has 1 aliphatic heterocycles. The van der Waals surface area contributed by atoms with Crippen LogP contribution < -0.4 is 4.74 Å². The van der Waals surface area contributed by atoms with E-state index in [4.69, 9.17) is 21.6 Å². The third-order valence-electron chi connectivity index (χ3n) is 4.31. The van der Waals surface area contributed by atoms with E-state index in [-0.39, 0.29) is 24.1 Å². The zero-order chi connectivity index (χ0) is 19.6. The molecule has 2 aromatic rings. The van der Waals surface area contributed by atoms with Gasteiger partial charge in [0.2, 0.25) is 10.0 Å². The lowest BCUT2D eigenvalue weighted by molar-refractivity contribution is 0.255. The Labute approximate surface area is 164 Å². The van der Waals surface area contributed by atoms with Gasteiger partial charge in [-0.2, -0.15) is 9.57 Å². The zero-order valence-corrected chi connectivity index (χ0v) is 16.4.